The molecule has 0 aliphatic carbocycles. The van der Waals surface area contributed by atoms with Crippen LogP contribution in [0.5, 0.6) is 11.5 Å². The summed E-state index contributed by atoms with van der Waals surface area (Å²) in [4.78, 5) is 23.8. The van der Waals surface area contributed by atoms with Gasteiger partial charge in [-0.25, -0.2) is 13.8 Å². The number of morpholine rings is 1. The maximum atomic E-state index is 13.4. The van der Waals surface area contributed by atoms with Crippen LogP contribution < -0.4 is 10.1 Å². The Hall–Kier alpha value is -3.95. The van der Waals surface area contributed by atoms with Crippen LogP contribution in [0.3, 0.4) is 0 Å². The number of anilines is 1. The standard InChI is InChI=1S/C26H22F2N4O3/c27-22-7-1-17(13-23(22)28)26(33)31-18-2-4-20(5-3-18)35-21-6-8-24-25(14-21)30-19(15-29-24)16-32-9-11-34-12-10-32/h1-8,13-15H,9-12,16H2,(H,31,33). The number of ether oxygens (including phenoxy) is 2. The molecule has 0 atom stereocenters. The lowest BCUT2D eigenvalue weighted by molar-refractivity contribution is 0.0336. The van der Waals surface area contributed by atoms with Gasteiger partial charge in [0.15, 0.2) is 11.6 Å². The first-order chi connectivity index (χ1) is 17.0. The first-order valence-electron chi connectivity index (χ1n) is 11.1. The average Bonchev–Trinajstić information content (AvgIpc) is 2.87. The van der Waals surface area contributed by atoms with Crippen LogP contribution in [0.2, 0.25) is 0 Å². The highest BCUT2D eigenvalue weighted by Gasteiger charge is 2.13. The van der Waals surface area contributed by atoms with E-state index in [-0.39, 0.29) is 5.56 Å². The number of aromatic nitrogens is 2. The predicted octanol–water partition coefficient (Wildman–Crippen LogP) is 4.78. The normalized spacial score (nSPS) is 14.1. The monoisotopic (exact) mass is 476 g/mol. The van der Waals surface area contributed by atoms with Crippen LogP contribution in [0.25, 0.3) is 11.0 Å². The van der Waals surface area contributed by atoms with Crippen molar-refractivity contribution in [1.82, 2.24) is 14.9 Å². The summed E-state index contributed by atoms with van der Waals surface area (Å²) in [7, 11) is 0. The lowest BCUT2D eigenvalue weighted by Crippen LogP contribution is -2.35. The second kappa shape index (κ2) is 10.1. The molecule has 1 saturated heterocycles. The second-order valence-electron chi connectivity index (χ2n) is 8.11. The summed E-state index contributed by atoms with van der Waals surface area (Å²) >= 11 is 0. The van der Waals surface area contributed by atoms with Crippen LogP contribution in [-0.4, -0.2) is 47.1 Å². The maximum absolute atomic E-state index is 13.4. The van der Waals surface area contributed by atoms with Crippen molar-refractivity contribution in [1.29, 1.82) is 0 Å². The number of carbonyl (C=O) groups excluding carboxylic acids is 1. The molecular weight excluding hydrogens is 454 g/mol. The Morgan fingerprint density at radius 2 is 1.71 bits per heavy atom. The molecule has 0 radical (unpaired) electrons. The Kier molecular flexibility index (Phi) is 6.60. The van der Waals surface area contributed by atoms with Crippen LogP contribution in [0, 0.1) is 11.6 Å². The Bertz CT molecular complexity index is 1360. The molecule has 5 rings (SSSR count). The number of fused-ring (bicyclic) bond motifs is 1. The van der Waals surface area contributed by atoms with Crippen molar-refractivity contribution in [3.63, 3.8) is 0 Å². The third kappa shape index (κ3) is 5.59. The van der Waals surface area contributed by atoms with Crippen molar-refractivity contribution in [3.8, 4) is 11.5 Å². The third-order valence-corrected chi connectivity index (χ3v) is 5.58. The second-order valence-corrected chi connectivity index (χ2v) is 8.11. The molecule has 2 heterocycles. The highest BCUT2D eigenvalue weighted by atomic mass is 19.2. The lowest BCUT2D eigenvalue weighted by Gasteiger charge is -2.26. The maximum Gasteiger partial charge on any atom is 0.255 e. The van der Waals surface area contributed by atoms with Gasteiger partial charge in [-0.3, -0.25) is 14.7 Å². The van der Waals surface area contributed by atoms with E-state index in [2.05, 4.69) is 15.2 Å². The summed E-state index contributed by atoms with van der Waals surface area (Å²) < 4.78 is 37.8. The lowest BCUT2D eigenvalue weighted by atomic mass is 10.2. The van der Waals surface area contributed by atoms with Crippen LogP contribution >= 0.6 is 0 Å². The zero-order chi connectivity index (χ0) is 24.2. The smallest absolute Gasteiger partial charge is 0.255 e. The molecule has 0 unspecified atom stereocenters. The third-order valence-electron chi connectivity index (χ3n) is 5.58. The molecule has 0 saturated carbocycles. The topological polar surface area (TPSA) is 76.6 Å². The summed E-state index contributed by atoms with van der Waals surface area (Å²) in [5.74, 6) is -1.45. The van der Waals surface area contributed by atoms with Gasteiger partial charge in [-0.1, -0.05) is 0 Å². The zero-order valence-corrected chi connectivity index (χ0v) is 18.7. The quantitative estimate of drug-likeness (QED) is 0.432. The summed E-state index contributed by atoms with van der Waals surface area (Å²) in [6, 6.07) is 15.2. The van der Waals surface area contributed by atoms with Crippen molar-refractivity contribution >= 4 is 22.6 Å². The fraction of sp³-hybridized carbons (Fsp3) is 0.192. The van der Waals surface area contributed by atoms with Gasteiger partial charge in [0, 0.05) is 37.0 Å². The number of halogens is 2. The van der Waals surface area contributed by atoms with E-state index < -0.39 is 17.5 Å². The predicted molar refractivity (Wildman–Crippen MR) is 126 cm³/mol. The highest BCUT2D eigenvalue weighted by Crippen LogP contribution is 2.26. The van der Waals surface area contributed by atoms with E-state index >= 15 is 0 Å². The minimum Gasteiger partial charge on any atom is -0.457 e. The average molecular weight is 476 g/mol. The van der Waals surface area contributed by atoms with Gasteiger partial charge in [0.25, 0.3) is 5.91 Å². The molecule has 9 heteroatoms. The van der Waals surface area contributed by atoms with Gasteiger partial charge in [0.1, 0.15) is 11.5 Å². The van der Waals surface area contributed by atoms with E-state index in [0.717, 1.165) is 61.7 Å². The summed E-state index contributed by atoms with van der Waals surface area (Å²) in [6.45, 7) is 3.92. The van der Waals surface area contributed by atoms with Gasteiger partial charge in [0.05, 0.1) is 36.1 Å². The minimum absolute atomic E-state index is 0.0227. The Labute approximate surface area is 200 Å². The van der Waals surface area contributed by atoms with Crippen molar-refractivity contribution in [2.24, 2.45) is 0 Å². The molecule has 1 fully saturated rings. The Morgan fingerprint density at radius 1 is 0.943 bits per heavy atom. The molecule has 0 spiro atoms. The number of carbonyl (C=O) groups is 1. The van der Waals surface area contributed by atoms with E-state index in [9.17, 15) is 13.6 Å². The SMILES string of the molecule is O=C(Nc1ccc(Oc2ccc3ncc(CN4CCOCC4)nc3c2)cc1)c1ccc(F)c(F)c1. The molecule has 0 bridgehead atoms. The number of nitrogens with zero attached hydrogens (tertiary/aromatic N) is 3. The summed E-state index contributed by atoms with van der Waals surface area (Å²) in [6.07, 6.45) is 1.80. The van der Waals surface area contributed by atoms with E-state index in [4.69, 9.17) is 14.5 Å². The molecule has 1 aromatic heterocycles. The fourth-order valence-corrected chi connectivity index (χ4v) is 3.74. The first kappa shape index (κ1) is 22.8. The fourth-order valence-electron chi connectivity index (χ4n) is 3.74. The Morgan fingerprint density at radius 3 is 2.49 bits per heavy atom. The van der Waals surface area contributed by atoms with Crippen LogP contribution in [0.4, 0.5) is 14.5 Å². The highest BCUT2D eigenvalue weighted by molar-refractivity contribution is 6.04. The number of benzene rings is 3. The molecular formula is C26H22F2N4O3. The largest absolute Gasteiger partial charge is 0.457 e. The zero-order valence-electron chi connectivity index (χ0n) is 18.7. The van der Waals surface area contributed by atoms with E-state index in [1.54, 1.807) is 30.5 Å². The first-order valence-corrected chi connectivity index (χ1v) is 11.1. The number of nitrogens with one attached hydrogen (secondary N) is 1. The van der Waals surface area contributed by atoms with Crippen molar-refractivity contribution in [2.75, 3.05) is 31.6 Å². The van der Waals surface area contributed by atoms with Crippen molar-refractivity contribution < 1.29 is 23.0 Å². The van der Waals surface area contributed by atoms with Crippen LogP contribution in [0.1, 0.15) is 16.1 Å². The minimum atomic E-state index is -1.07. The number of hydrogen-bond acceptors (Lipinski definition) is 6. The van der Waals surface area contributed by atoms with Gasteiger partial charge in [-0.15, -0.1) is 0 Å². The summed E-state index contributed by atoms with van der Waals surface area (Å²) in [5.41, 5.74) is 2.92. The van der Waals surface area contributed by atoms with Crippen molar-refractivity contribution in [3.05, 3.63) is 89.8 Å². The number of rotatable bonds is 6. The van der Waals surface area contributed by atoms with E-state index in [1.807, 2.05) is 18.2 Å². The van der Waals surface area contributed by atoms with E-state index in [1.165, 1.54) is 6.07 Å². The van der Waals surface area contributed by atoms with Gasteiger partial charge in [-0.05, 0) is 54.6 Å². The number of amides is 1. The Balaban J connectivity index is 1.25. The van der Waals surface area contributed by atoms with Gasteiger partial charge >= 0.3 is 0 Å². The molecule has 1 aliphatic rings. The molecule has 4 aromatic rings. The molecule has 1 amide bonds. The van der Waals surface area contributed by atoms with Crippen LogP contribution in [0.15, 0.2) is 66.9 Å². The summed E-state index contributed by atoms with van der Waals surface area (Å²) in [5, 5.41) is 2.65. The molecule has 1 N–H and O–H groups in total. The molecule has 35 heavy (non-hydrogen) atoms. The van der Waals surface area contributed by atoms with Gasteiger partial charge in [0.2, 0.25) is 0 Å². The molecule has 3 aromatic carbocycles. The molecule has 1 aliphatic heterocycles. The van der Waals surface area contributed by atoms with E-state index in [0.29, 0.717) is 17.2 Å². The molecule has 7 nitrogen and oxygen atoms in total. The van der Waals surface area contributed by atoms with Crippen molar-refractivity contribution in [2.45, 2.75) is 6.54 Å². The van der Waals surface area contributed by atoms with Gasteiger partial charge in [-0.2, -0.15) is 0 Å². The molecule has 178 valence electrons. The van der Waals surface area contributed by atoms with Gasteiger partial charge < -0.3 is 14.8 Å². The number of hydrogen-bond donors (Lipinski definition) is 1. The van der Waals surface area contributed by atoms with Crippen LogP contribution in [-0.2, 0) is 11.3 Å².